The average Bonchev–Trinajstić information content (AvgIpc) is 3.44. The maximum Gasteiger partial charge on any atom is 0.302 e. The Hall–Kier alpha value is -4.59. The largest absolute Gasteiger partial charge is 0.507 e. The van der Waals surface area contributed by atoms with Crippen LogP contribution in [0.5, 0.6) is 5.75 Å². The molecular weight excluding hydrogens is 492 g/mol. The van der Waals surface area contributed by atoms with Crippen LogP contribution in [0.3, 0.4) is 0 Å². The molecule has 3 aromatic carbocycles. The van der Waals surface area contributed by atoms with Gasteiger partial charge in [-0.25, -0.2) is 4.98 Å². The molecule has 1 unspecified atom stereocenters. The first kappa shape index (κ1) is 26.0. The summed E-state index contributed by atoms with van der Waals surface area (Å²) in [4.78, 5) is 38.3. The molecule has 1 atom stereocenters. The fourth-order valence-corrected chi connectivity index (χ4v) is 4.80. The minimum Gasteiger partial charge on any atom is -0.507 e. The van der Waals surface area contributed by atoms with Gasteiger partial charge in [0.1, 0.15) is 11.5 Å². The summed E-state index contributed by atoms with van der Waals surface area (Å²) < 4.78 is 5.73. The van der Waals surface area contributed by atoms with E-state index in [2.05, 4.69) is 9.97 Å². The molecule has 0 aliphatic carbocycles. The van der Waals surface area contributed by atoms with Crippen molar-refractivity contribution in [3.05, 3.63) is 88.5 Å². The summed E-state index contributed by atoms with van der Waals surface area (Å²) >= 11 is 0. The molecule has 8 nitrogen and oxygen atoms in total. The maximum absolute atomic E-state index is 13.6. The second kappa shape index (κ2) is 10.3. The number of rotatable bonds is 7. The first-order chi connectivity index (χ1) is 18.7. The van der Waals surface area contributed by atoms with Gasteiger partial charge >= 0.3 is 5.91 Å². The Balaban J connectivity index is 1.68. The minimum absolute atomic E-state index is 0.00179. The van der Waals surface area contributed by atoms with E-state index in [1.807, 2.05) is 76.2 Å². The number of anilines is 2. The van der Waals surface area contributed by atoms with Gasteiger partial charge in [-0.3, -0.25) is 14.5 Å². The summed E-state index contributed by atoms with van der Waals surface area (Å²) in [6.07, 6.45) is 0.834. The van der Waals surface area contributed by atoms with Crippen molar-refractivity contribution in [2.24, 2.45) is 0 Å². The number of aryl methyl sites for hydroxylation is 2. The van der Waals surface area contributed by atoms with Crippen molar-refractivity contribution in [2.75, 3.05) is 30.5 Å². The van der Waals surface area contributed by atoms with Gasteiger partial charge in [-0.1, -0.05) is 31.2 Å². The number of H-pyrrole nitrogens is 1. The van der Waals surface area contributed by atoms with Crippen molar-refractivity contribution in [1.82, 2.24) is 9.97 Å². The highest BCUT2D eigenvalue weighted by Crippen LogP contribution is 2.42. The van der Waals surface area contributed by atoms with E-state index in [9.17, 15) is 14.7 Å². The standard InChI is InChI=1S/C31H32N4O4/c1-6-14-39-23-9-7-8-21(17-23)28(36)26-27(20-10-12-22(13-11-20)34(4)5)35(30(38)29(26)37)31-32-24-15-18(2)19(3)16-25(24)33-31/h7-13,15-17,27,36H,6,14H2,1-5H3,(H,32,33)/b28-26+. The monoisotopic (exact) mass is 524 g/mol. The number of benzene rings is 3. The molecule has 39 heavy (non-hydrogen) atoms. The Kier molecular flexibility index (Phi) is 6.87. The number of nitrogens with zero attached hydrogens (tertiary/aromatic N) is 3. The summed E-state index contributed by atoms with van der Waals surface area (Å²) in [5.74, 6) is -0.976. The number of carbonyl (C=O) groups excluding carboxylic acids is 2. The van der Waals surface area contributed by atoms with Gasteiger partial charge in [0.05, 0.1) is 29.3 Å². The molecule has 5 rings (SSSR count). The Labute approximate surface area is 227 Å². The molecule has 4 aromatic rings. The molecule has 1 aliphatic heterocycles. The first-order valence-electron chi connectivity index (χ1n) is 13.0. The Morgan fingerprint density at radius 1 is 1.05 bits per heavy atom. The number of aliphatic hydroxyl groups is 1. The number of Topliss-reactive ketones (excluding diaryl/α,β-unsaturated/α-hetero) is 1. The van der Waals surface area contributed by atoms with Gasteiger partial charge < -0.3 is 19.7 Å². The van der Waals surface area contributed by atoms with Crippen LogP contribution in [0, 0.1) is 13.8 Å². The van der Waals surface area contributed by atoms with Crippen molar-refractivity contribution in [3.63, 3.8) is 0 Å². The minimum atomic E-state index is -0.885. The normalized spacial score (nSPS) is 16.7. The van der Waals surface area contributed by atoms with E-state index in [0.29, 0.717) is 29.0 Å². The van der Waals surface area contributed by atoms with E-state index in [0.717, 1.165) is 28.8 Å². The number of ketones is 1. The average molecular weight is 525 g/mol. The van der Waals surface area contributed by atoms with Crippen LogP contribution >= 0.6 is 0 Å². The number of aliphatic hydroxyl groups excluding tert-OH is 1. The van der Waals surface area contributed by atoms with Crippen LogP contribution in [0.4, 0.5) is 11.6 Å². The summed E-state index contributed by atoms with van der Waals surface area (Å²) in [5, 5.41) is 11.5. The number of nitrogens with one attached hydrogen (secondary N) is 1. The zero-order valence-corrected chi connectivity index (χ0v) is 22.8. The van der Waals surface area contributed by atoms with Gasteiger partial charge in [0.25, 0.3) is 5.78 Å². The fourth-order valence-electron chi connectivity index (χ4n) is 4.80. The molecule has 200 valence electrons. The lowest BCUT2D eigenvalue weighted by Gasteiger charge is -2.24. The third-order valence-electron chi connectivity index (χ3n) is 7.06. The molecule has 1 saturated heterocycles. The van der Waals surface area contributed by atoms with Gasteiger partial charge in [0, 0.05) is 25.3 Å². The van der Waals surface area contributed by atoms with Gasteiger partial charge in [-0.2, -0.15) is 0 Å². The van der Waals surface area contributed by atoms with Crippen LogP contribution in [0.15, 0.2) is 66.2 Å². The molecule has 8 heteroatoms. The lowest BCUT2D eigenvalue weighted by molar-refractivity contribution is -0.132. The number of fused-ring (bicyclic) bond motifs is 1. The zero-order chi connectivity index (χ0) is 27.8. The van der Waals surface area contributed by atoms with Crippen LogP contribution in [-0.4, -0.2) is 47.5 Å². The van der Waals surface area contributed by atoms with Gasteiger partial charge in [-0.15, -0.1) is 0 Å². The molecule has 2 N–H and O–H groups in total. The summed E-state index contributed by atoms with van der Waals surface area (Å²) in [5.41, 5.74) is 5.64. The predicted molar refractivity (Wildman–Crippen MR) is 153 cm³/mol. The van der Waals surface area contributed by atoms with E-state index < -0.39 is 17.7 Å². The smallest absolute Gasteiger partial charge is 0.302 e. The Bertz CT molecular complexity index is 1560. The second-order valence-electron chi connectivity index (χ2n) is 10.0. The SMILES string of the molecule is CCCOc1cccc(/C(O)=C2\C(=O)C(=O)N(c3nc4cc(C)c(C)cc4[nH]3)C2c2ccc(N(C)C)cc2)c1. The second-order valence-corrected chi connectivity index (χ2v) is 10.0. The number of hydrogen-bond donors (Lipinski definition) is 2. The third-order valence-corrected chi connectivity index (χ3v) is 7.06. The molecule has 0 saturated carbocycles. The topological polar surface area (TPSA) is 98.8 Å². The summed E-state index contributed by atoms with van der Waals surface area (Å²) in [7, 11) is 3.88. The molecule has 1 amide bonds. The Morgan fingerprint density at radius 3 is 2.46 bits per heavy atom. The fraction of sp³-hybridized carbons (Fsp3) is 0.258. The van der Waals surface area contributed by atoms with E-state index in [4.69, 9.17) is 4.74 Å². The molecule has 1 fully saturated rings. The Morgan fingerprint density at radius 2 is 1.77 bits per heavy atom. The van der Waals surface area contributed by atoms with E-state index in [1.165, 1.54) is 4.90 Å². The number of carbonyl (C=O) groups is 2. The van der Waals surface area contributed by atoms with Gasteiger partial charge in [-0.05, 0) is 73.4 Å². The first-order valence-corrected chi connectivity index (χ1v) is 13.0. The summed E-state index contributed by atoms with van der Waals surface area (Å²) in [6, 6.07) is 17.5. The summed E-state index contributed by atoms with van der Waals surface area (Å²) in [6.45, 7) is 6.54. The van der Waals surface area contributed by atoms with Crippen molar-refractivity contribution in [2.45, 2.75) is 33.2 Å². The molecule has 2 heterocycles. The van der Waals surface area contributed by atoms with Crippen LogP contribution < -0.4 is 14.5 Å². The molecule has 0 spiro atoms. The van der Waals surface area contributed by atoms with Gasteiger partial charge in [0.2, 0.25) is 5.95 Å². The molecule has 0 bridgehead atoms. The highest BCUT2D eigenvalue weighted by molar-refractivity contribution is 6.51. The van der Waals surface area contributed by atoms with Gasteiger partial charge in [0.15, 0.2) is 0 Å². The third kappa shape index (κ3) is 4.74. The van der Waals surface area contributed by atoms with E-state index in [-0.39, 0.29) is 17.3 Å². The number of amides is 1. The highest BCUT2D eigenvalue weighted by Gasteiger charge is 2.48. The lowest BCUT2D eigenvalue weighted by atomic mass is 9.95. The molecule has 1 aromatic heterocycles. The van der Waals surface area contributed by atoms with Crippen molar-refractivity contribution in [3.8, 4) is 5.75 Å². The molecular formula is C31H32N4O4. The number of aromatic amines is 1. The van der Waals surface area contributed by atoms with Crippen molar-refractivity contribution < 1.29 is 19.4 Å². The predicted octanol–water partition coefficient (Wildman–Crippen LogP) is 5.66. The number of ether oxygens (including phenoxy) is 1. The number of hydrogen-bond acceptors (Lipinski definition) is 6. The zero-order valence-electron chi connectivity index (χ0n) is 22.8. The number of aromatic nitrogens is 2. The van der Waals surface area contributed by atoms with Crippen molar-refractivity contribution in [1.29, 1.82) is 0 Å². The molecule has 1 aliphatic rings. The van der Waals surface area contributed by atoms with Crippen LogP contribution in [0.2, 0.25) is 0 Å². The molecule has 0 radical (unpaired) electrons. The quantitative estimate of drug-likeness (QED) is 0.184. The van der Waals surface area contributed by atoms with Crippen LogP contribution in [0.1, 0.15) is 41.6 Å². The van der Waals surface area contributed by atoms with Crippen LogP contribution in [0.25, 0.3) is 16.8 Å². The maximum atomic E-state index is 13.6. The van der Waals surface area contributed by atoms with E-state index >= 15 is 0 Å². The van der Waals surface area contributed by atoms with E-state index in [1.54, 1.807) is 24.3 Å². The van der Waals surface area contributed by atoms with Crippen molar-refractivity contribution >= 4 is 40.1 Å². The van der Waals surface area contributed by atoms with Crippen LogP contribution in [-0.2, 0) is 9.59 Å². The lowest BCUT2D eigenvalue weighted by Crippen LogP contribution is -2.30. The number of imidazole rings is 1. The highest BCUT2D eigenvalue weighted by atomic mass is 16.5.